The number of ether oxygens (including phenoxy) is 2. The van der Waals surface area contributed by atoms with Crippen LogP contribution in [-0.2, 0) is 12.8 Å². The van der Waals surface area contributed by atoms with Crippen LogP contribution in [-0.4, -0.2) is 16.1 Å². The maximum atomic E-state index is 13.0. The van der Waals surface area contributed by atoms with Gasteiger partial charge < -0.3 is 9.47 Å². The molecule has 0 aliphatic rings. The van der Waals surface area contributed by atoms with Crippen LogP contribution in [0, 0.1) is 27.7 Å². The van der Waals surface area contributed by atoms with E-state index < -0.39 is 6.16 Å². The van der Waals surface area contributed by atoms with Gasteiger partial charge in [0.1, 0.15) is 0 Å². The Hall–Kier alpha value is -5.55. The van der Waals surface area contributed by atoms with Crippen molar-refractivity contribution in [3.63, 3.8) is 0 Å². The highest BCUT2D eigenvalue weighted by molar-refractivity contribution is 5.72. The summed E-state index contributed by atoms with van der Waals surface area (Å²) in [7, 11) is 0. The molecule has 0 fully saturated rings. The fourth-order valence-electron chi connectivity index (χ4n) is 5.95. The molecule has 0 saturated carbocycles. The smallest absolute Gasteiger partial charge is 0.375 e. The zero-order valence-corrected chi connectivity index (χ0v) is 26.6. The maximum Gasteiger partial charge on any atom is 0.522 e. The molecule has 0 saturated heterocycles. The van der Waals surface area contributed by atoms with Gasteiger partial charge in [-0.15, -0.1) is 0 Å². The van der Waals surface area contributed by atoms with Gasteiger partial charge in [0, 0.05) is 36.4 Å². The summed E-state index contributed by atoms with van der Waals surface area (Å²) in [5.74, 6) is 0.432. The van der Waals surface area contributed by atoms with E-state index in [0.717, 1.165) is 22.3 Å². The lowest BCUT2D eigenvalue weighted by Crippen LogP contribution is -2.17. The molecule has 0 unspecified atom stereocenters. The van der Waals surface area contributed by atoms with Gasteiger partial charge in [-0.05, 0) is 95.5 Å². The minimum atomic E-state index is -0.878. The second-order valence-electron chi connectivity index (χ2n) is 11.7. The molecule has 0 spiro atoms. The van der Waals surface area contributed by atoms with Crippen molar-refractivity contribution in [3.8, 4) is 34.0 Å². The second kappa shape index (κ2) is 13.6. The Kier molecular flexibility index (Phi) is 9.02. The minimum absolute atomic E-state index is 0.216. The van der Waals surface area contributed by atoms with E-state index in [9.17, 15) is 4.79 Å². The van der Waals surface area contributed by atoms with Crippen molar-refractivity contribution >= 4 is 6.16 Å². The summed E-state index contributed by atoms with van der Waals surface area (Å²) < 4.78 is 11.3. The molecule has 4 aromatic carbocycles. The van der Waals surface area contributed by atoms with E-state index >= 15 is 0 Å². The lowest BCUT2D eigenvalue weighted by molar-refractivity contribution is 0.147. The van der Waals surface area contributed by atoms with Crippen LogP contribution in [0.5, 0.6) is 11.8 Å². The molecule has 0 atom stereocenters. The summed E-state index contributed by atoms with van der Waals surface area (Å²) in [5, 5.41) is 0. The Morgan fingerprint density at radius 3 is 1.33 bits per heavy atom. The second-order valence-corrected chi connectivity index (χ2v) is 11.7. The van der Waals surface area contributed by atoms with Crippen molar-refractivity contribution in [1.82, 2.24) is 9.97 Å². The number of hydrogen-bond donors (Lipinski definition) is 0. The summed E-state index contributed by atoms with van der Waals surface area (Å²) in [5.41, 5.74) is 13.5. The number of nitrogens with zero attached hydrogens (tertiary/aromatic N) is 2. The molecule has 0 aliphatic carbocycles. The van der Waals surface area contributed by atoms with Crippen molar-refractivity contribution < 1.29 is 14.3 Å². The number of aromatic nitrogens is 2. The number of carbonyl (C=O) groups excluding carboxylic acids is 1. The van der Waals surface area contributed by atoms with E-state index in [1.165, 1.54) is 44.5 Å². The van der Waals surface area contributed by atoms with Crippen LogP contribution in [0.4, 0.5) is 4.79 Å². The Labute approximate surface area is 270 Å². The van der Waals surface area contributed by atoms with Crippen molar-refractivity contribution in [2.45, 2.75) is 40.5 Å². The molecular weight excluding hydrogens is 568 g/mol. The first-order chi connectivity index (χ1) is 22.4. The van der Waals surface area contributed by atoms with Crippen molar-refractivity contribution in [2.24, 2.45) is 0 Å². The monoisotopic (exact) mass is 604 g/mol. The van der Waals surface area contributed by atoms with Gasteiger partial charge >= 0.3 is 6.16 Å². The first-order valence-corrected chi connectivity index (χ1v) is 15.4. The van der Waals surface area contributed by atoms with Crippen LogP contribution in [0.25, 0.3) is 22.3 Å². The van der Waals surface area contributed by atoms with Gasteiger partial charge in [-0.2, -0.15) is 0 Å². The van der Waals surface area contributed by atoms with Gasteiger partial charge in [0.2, 0.25) is 11.8 Å². The lowest BCUT2D eigenvalue weighted by Gasteiger charge is -2.13. The summed E-state index contributed by atoms with van der Waals surface area (Å²) >= 11 is 0. The molecule has 0 radical (unpaired) electrons. The molecule has 46 heavy (non-hydrogen) atoms. The molecule has 5 nitrogen and oxygen atoms in total. The number of carbonyl (C=O) groups is 1. The molecule has 0 N–H and O–H groups in total. The van der Waals surface area contributed by atoms with Crippen molar-refractivity contribution in [1.29, 1.82) is 0 Å². The third kappa shape index (κ3) is 6.89. The van der Waals surface area contributed by atoms with Crippen LogP contribution in [0.2, 0.25) is 0 Å². The molecule has 0 aliphatic heterocycles. The summed E-state index contributed by atoms with van der Waals surface area (Å²) in [4.78, 5) is 21.7. The summed E-state index contributed by atoms with van der Waals surface area (Å²) in [6.45, 7) is 8.49. The van der Waals surface area contributed by atoms with Crippen LogP contribution in [0.15, 0.2) is 122 Å². The van der Waals surface area contributed by atoms with E-state index in [0.29, 0.717) is 12.8 Å². The number of benzene rings is 4. The Bertz CT molecular complexity index is 1890. The van der Waals surface area contributed by atoms with Gasteiger partial charge in [-0.3, -0.25) is 0 Å². The zero-order valence-electron chi connectivity index (χ0n) is 26.6. The van der Waals surface area contributed by atoms with E-state index in [4.69, 9.17) is 9.47 Å². The highest BCUT2D eigenvalue weighted by atomic mass is 16.7. The van der Waals surface area contributed by atoms with E-state index in [1.807, 2.05) is 24.3 Å². The predicted molar refractivity (Wildman–Crippen MR) is 183 cm³/mol. The molecule has 2 heterocycles. The molecule has 0 bridgehead atoms. The maximum absolute atomic E-state index is 13.0. The fourth-order valence-corrected chi connectivity index (χ4v) is 5.95. The Balaban J connectivity index is 1.15. The highest BCUT2D eigenvalue weighted by Crippen LogP contribution is 2.30. The fraction of sp³-hybridized carbons (Fsp3) is 0.146. The molecule has 5 heteroatoms. The Morgan fingerprint density at radius 1 is 0.500 bits per heavy atom. The van der Waals surface area contributed by atoms with Crippen LogP contribution < -0.4 is 9.47 Å². The highest BCUT2D eigenvalue weighted by Gasteiger charge is 2.17. The third-order valence-corrected chi connectivity index (χ3v) is 8.30. The normalized spacial score (nSPS) is 10.9. The number of aryl methyl sites for hydroxylation is 4. The summed E-state index contributed by atoms with van der Waals surface area (Å²) in [6.07, 6.45) is 3.44. The standard InChI is InChI=1S/C41H36N2O3/c1-27-11-5-7-15-35(27)37-19-17-31(23-29(37)3)25-33-13-9-21-42-39(33)45-41(44)46-40-34(14-10-22-43-40)26-32-18-20-38(30(4)24-32)36-16-8-6-12-28(36)2/h5-24H,25-26H2,1-4H3. The van der Waals surface area contributed by atoms with Gasteiger partial charge in [0.05, 0.1) is 0 Å². The topological polar surface area (TPSA) is 61.3 Å². The van der Waals surface area contributed by atoms with Crippen LogP contribution >= 0.6 is 0 Å². The van der Waals surface area contributed by atoms with Crippen molar-refractivity contribution in [2.75, 3.05) is 0 Å². The average Bonchev–Trinajstić information content (AvgIpc) is 3.04. The first-order valence-electron chi connectivity index (χ1n) is 15.4. The molecular formula is C41H36N2O3. The number of rotatable bonds is 8. The van der Waals surface area contributed by atoms with Gasteiger partial charge in [0.25, 0.3) is 0 Å². The van der Waals surface area contributed by atoms with Crippen LogP contribution in [0.3, 0.4) is 0 Å². The Morgan fingerprint density at radius 2 is 0.913 bits per heavy atom. The quantitative estimate of drug-likeness (QED) is 0.162. The third-order valence-electron chi connectivity index (χ3n) is 8.30. The molecule has 2 aromatic heterocycles. The number of hydrogen-bond acceptors (Lipinski definition) is 5. The lowest BCUT2D eigenvalue weighted by atomic mass is 9.94. The van der Waals surface area contributed by atoms with E-state index in [1.54, 1.807) is 12.4 Å². The minimum Gasteiger partial charge on any atom is -0.375 e. The largest absolute Gasteiger partial charge is 0.522 e. The molecule has 0 amide bonds. The van der Waals surface area contributed by atoms with E-state index in [2.05, 4.69) is 123 Å². The number of pyridine rings is 2. The van der Waals surface area contributed by atoms with Gasteiger partial charge in [-0.1, -0.05) is 97.1 Å². The average molecular weight is 605 g/mol. The first kappa shape index (κ1) is 30.5. The van der Waals surface area contributed by atoms with Gasteiger partial charge in [-0.25, -0.2) is 14.8 Å². The zero-order chi connectivity index (χ0) is 32.0. The molecule has 6 aromatic rings. The van der Waals surface area contributed by atoms with Crippen LogP contribution in [0.1, 0.15) is 44.5 Å². The van der Waals surface area contributed by atoms with Gasteiger partial charge in [0.15, 0.2) is 0 Å². The van der Waals surface area contributed by atoms with E-state index in [-0.39, 0.29) is 11.8 Å². The van der Waals surface area contributed by atoms with Crippen molar-refractivity contribution in [3.05, 3.63) is 166 Å². The molecule has 228 valence electrons. The SMILES string of the molecule is Cc1ccccc1-c1ccc(Cc2cccnc2OC(=O)Oc2ncccc2Cc2ccc(-c3ccccc3C)c(C)c2)cc1C. The molecule has 6 rings (SSSR count). The predicted octanol–water partition coefficient (Wildman–Crippen LogP) is 9.80. The summed E-state index contributed by atoms with van der Waals surface area (Å²) in [6, 6.07) is 37.1.